The molecule has 0 fully saturated rings. The number of hydrogen-bond donors (Lipinski definition) is 1. The molecule has 0 aliphatic heterocycles. The summed E-state index contributed by atoms with van der Waals surface area (Å²) in [5, 5.41) is 0. The Balaban J connectivity index is 2.95. The molecule has 0 spiro atoms. The normalized spacial score (nSPS) is 16.3. The molecule has 3 heteroatoms. The molecule has 0 aliphatic rings. The zero-order valence-corrected chi connectivity index (χ0v) is 11.2. The van der Waals surface area contributed by atoms with Crippen molar-refractivity contribution in [2.24, 2.45) is 5.73 Å². The van der Waals surface area contributed by atoms with Gasteiger partial charge in [-0.25, -0.2) is 0 Å². The largest absolute Gasteiger partial charge is 0.494 e. The Morgan fingerprint density at radius 3 is 2.59 bits per heavy atom. The minimum Gasteiger partial charge on any atom is -0.494 e. The third-order valence-corrected chi connectivity index (χ3v) is 3.35. The standard InChI is InChI=1S/C14H23NO2/c1-5-14(3,16-4)13(15)11-8-7-9-12(10-11)17-6-2/h7-10,13H,5-6,15H2,1-4H3. The van der Waals surface area contributed by atoms with E-state index in [2.05, 4.69) is 6.92 Å². The van der Waals surface area contributed by atoms with Crippen LogP contribution in [0.5, 0.6) is 5.75 Å². The maximum Gasteiger partial charge on any atom is 0.119 e. The van der Waals surface area contributed by atoms with E-state index in [-0.39, 0.29) is 11.6 Å². The molecule has 2 unspecified atom stereocenters. The monoisotopic (exact) mass is 237 g/mol. The van der Waals surface area contributed by atoms with Crippen LogP contribution in [0.3, 0.4) is 0 Å². The topological polar surface area (TPSA) is 44.5 Å². The molecular weight excluding hydrogens is 214 g/mol. The van der Waals surface area contributed by atoms with Crippen LogP contribution in [0.15, 0.2) is 24.3 Å². The van der Waals surface area contributed by atoms with Gasteiger partial charge in [-0.3, -0.25) is 0 Å². The van der Waals surface area contributed by atoms with E-state index in [1.54, 1.807) is 7.11 Å². The Bertz CT molecular complexity index is 348. The van der Waals surface area contributed by atoms with E-state index < -0.39 is 0 Å². The van der Waals surface area contributed by atoms with Gasteiger partial charge in [-0.1, -0.05) is 19.1 Å². The van der Waals surface area contributed by atoms with Gasteiger partial charge in [0.15, 0.2) is 0 Å². The lowest BCUT2D eigenvalue weighted by Crippen LogP contribution is -2.39. The van der Waals surface area contributed by atoms with E-state index in [0.29, 0.717) is 6.61 Å². The molecule has 2 atom stereocenters. The molecular formula is C14H23NO2. The van der Waals surface area contributed by atoms with Gasteiger partial charge in [0.25, 0.3) is 0 Å². The number of methoxy groups -OCH3 is 1. The van der Waals surface area contributed by atoms with Crippen molar-refractivity contribution in [3.63, 3.8) is 0 Å². The van der Waals surface area contributed by atoms with Crippen LogP contribution in [0.2, 0.25) is 0 Å². The molecule has 17 heavy (non-hydrogen) atoms. The van der Waals surface area contributed by atoms with E-state index in [9.17, 15) is 0 Å². The fraction of sp³-hybridized carbons (Fsp3) is 0.571. The van der Waals surface area contributed by atoms with Crippen LogP contribution in [0, 0.1) is 0 Å². The summed E-state index contributed by atoms with van der Waals surface area (Å²) in [4.78, 5) is 0. The van der Waals surface area contributed by atoms with Crippen molar-refractivity contribution >= 4 is 0 Å². The summed E-state index contributed by atoms with van der Waals surface area (Å²) in [7, 11) is 1.70. The first-order valence-electron chi connectivity index (χ1n) is 6.10. The van der Waals surface area contributed by atoms with Crippen LogP contribution >= 0.6 is 0 Å². The van der Waals surface area contributed by atoms with Crippen LogP contribution in [0.1, 0.15) is 38.8 Å². The van der Waals surface area contributed by atoms with Crippen molar-refractivity contribution < 1.29 is 9.47 Å². The molecule has 0 heterocycles. The predicted molar refractivity (Wildman–Crippen MR) is 70.2 cm³/mol. The summed E-state index contributed by atoms with van der Waals surface area (Å²) in [5.74, 6) is 0.856. The summed E-state index contributed by atoms with van der Waals surface area (Å²) in [5.41, 5.74) is 6.98. The Hall–Kier alpha value is -1.06. The number of benzene rings is 1. The summed E-state index contributed by atoms with van der Waals surface area (Å²) < 4.78 is 11.0. The Labute approximate surface area is 104 Å². The molecule has 0 aliphatic carbocycles. The molecule has 0 saturated carbocycles. The lowest BCUT2D eigenvalue weighted by atomic mass is 9.88. The van der Waals surface area contributed by atoms with Crippen LogP contribution in [0.25, 0.3) is 0 Å². The third kappa shape index (κ3) is 3.20. The molecule has 3 nitrogen and oxygen atoms in total. The fourth-order valence-electron chi connectivity index (χ4n) is 1.81. The highest BCUT2D eigenvalue weighted by Gasteiger charge is 2.30. The molecule has 96 valence electrons. The summed E-state index contributed by atoms with van der Waals surface area (Å²) in [6.45, 7) is 6.74. The van der Waals surface area contributed by atoms with Gasteiger partial charge in [0, 0.05) is 7.11 Å². The highest BCUT2D eigenvalue weighted by molar-refractivity contribution is 5.31. The first-order valence-corrected chi connectivity index (χ1v) is 6.10. The van der Waals surface area contributed by atoms with E-state index >= 15 is 0 Å². The van der Waals surface area contributed by atoms with Crippen molar-refractivity contribution in [1.82, 2.24) is 0 Å². The second-order valence-electron chi connectivity index (χ2n) is 4.35. The maximum atomic E-state index is 6.28. The smallest absolute Gasteiger partial charge is 0.119 e. The second kappa shape index (κ2) is 6.03. The van der Waals surface area contributed by atoms with Crippen molar-refractivity contribution in [2.75, 3.05) is 13.7 Å². The summed E-state index contributed by atoms with van der Waals surface area (Å²) in [6, 6.07) is 7.75. The number of hydrogen-bond acceptors (Lipinski definition) is 3. The Morgan fingerprint density at radius 1 is 1.35 bits per heavy atom. The van der Waals surface area contributed by atoms with Crippen molar-refractivity contribution in [3.05, 3.63) is 29.8 Å². The zero-order chi connectivity index (χ0) is 12.9. The van der Waals surface area contributed by atoms with Crippen molar-refractivity contribution in [1.29, 1.82) is 0 Å². The van der Waals surface area contributed by atoms with Gasteiger partial charge in [-0.15, -0.1) is 0 Å². The minimum absolute atomic E-state index is 0.155. The molecule has 2 N–H and O–H groups in total. The Morgan fingerprint density at radius 2 is 2.06 bits per heavy atom. The average molecular weight is 237 g/mol. The molecule has 0 radical (unpaired) electrons. The summed E-state index contributed by atoms with van der Waals surface area (Å²) >= 11 is 0. The lowest BCUT2D eigenvalue weighted by molar-refractivity contribution is -0.0195. The van der Waals surface area contributed by atoms with Gasteiger partial charge in [-0.05, 0) is 38.0 Å². The first-order chi connectivity index (χ1) is 8.07. The van der Waals surface area contributed by atoms with E-state index in [4.69, 9.17) is 15.2 Å². The highest BCUT2D eigenvalue weighted by atomic mass is 16.5. The number of nitrogens with two attached hydrogens (primary N) is 1. The average Bonchev–Trinajstić information content (AvgIpc) is 2.37. The molecule has 0 aromatic heterocycles. The minimum atomic E-state index is -0.342. The number of ether oxygens (including phenoxy) is 2. The molecule has 1 aromatic carbocycles. The van der Waals surface area contributed by atoms with E-state index in [1.165, 1.54) is 0 Å². The highest BCUT2D eigenvalue weighted by Crippen LogP contribution is 2.30. The molecule has 0 amide bonds. The Kier molecular flexibility index (Phi) is 4.97. The van der Waals surface area contributed by atoms with Gasteiger partial charge >= 0.3 is 0 Å². The maximum absolute atomic E-state index is 6.28. The molecule has 1 aromatic rings. The van der Waals surface area contributed by atoms with Crippen LogP contribution in [0.4, 0.5) is 0 Å². The van der Waals surface area contributed by atoms with Crippen LogP contribution < -0.4 is 10.5 Å². The lowest BCUT2D eigenvalue weighted by Gasteiger charge is -2.33. The van der Waals surface area contributed by atoms with E-state index in [0.717, 1.165) is 17.7 Å². The third-order valence-electron chi connectivity index (χ3n) is 3.35. The zero-order valence-electron chi connectivity index (χ0n) is 11.2. The molecule has 0 saturated heterocycles. The molecule has 0 bridgehead atoms. The van der Waals surface area contributed by atoms with E-state index in [1.807, 2.05) is 38.1 Å². The van der Waals surface area contributed by atoms with Gasteiger partial charge in [-0.2, -0.15) is 0 Å². The fourth-order valence-corrected chi connectivity index (χ4v) is 1.81. The predicted octanol–water partition coefficient (Wildman–Crippen LogP) is 2.90. The van der Waals surface area contributed by atoms with Gasteiger partial charge in [0.2, 0.25) is 0 Å². The van der Waals surface area contributed by atoms with Crippen LogP contribution in [-0.4, -0.2) is 19.3 Å². The van der Waals surface area contributed by atoms with Gasteiger partial charge in [0.05, 0.1) is 18.2 Å². The van der Waals surface area contributed by atoms with Crippen LogP contribution in [-0.2, 0) is 4.74 Å². The molecule has 1 rings (SSSR count). The second-order valence-corrected chi connectivity index (χ2v) is 4.35. The van der Waals surface area contributed by atoms with Crippen molar-refractivity contribution in [2.45, 2.75) is 38.8 Å². The quantitative estimate of drug-likeness (QED) is 0.827. The van der Waals surface area contributed by atoms with Gasteiger partial charge in [0.1, 0.15) is 5.75 Å². The van der Waals surface area contributed by atoms with Gasteiger partial charge < -0.3 is 15.2 Å². The van der Waals surface area contributed by atoms with Crippen molar-refractivity contribution in [3.8, 4) is 5.75 Å². The number of rotatable bonds is 6. The first kappa shape index (κ1) is 14.0. The SMILES string of the molecule is CCOc1cccc(C(N)C(C)(CC)OC)c1. The summed E-state index contributed by atoms with van der Waals surface area (Å²) in [6.07, 6.45) is 0.865.